The Morgan fingerprint density at radius 3 is 2.59 bits per heavy atom. The highest BCUT2D eigenvalue weighted by atomic mass is 14.6. The van der Waals surface area contributed by atoms with E-state index < -0.39 is 0 Å². The summed E-state index contributed by atoms with van der Waals surface area (Å²) >= 11 is 0. The summed E-state index contributed by atoms with van der Waals surface area (Å²) in [5, 5.41) is 0. The molecule has 4 rings (SSSR count). The van der Waals surface area contributed by atoms with Crippen LogP contribution >= 0.6 is 0 Å². The molecule has 0 amide bonds. The molecule has 0 aromatic carbocycles. The van der Waals surface area contributed by atoms with Crippen molar-refractivity contribution in [2.75, 3.05) is 0 Å². The van der Waals surface area contributed by atoms with Crippen molar-refractivity contribution < 1.29 is 0 Å². The summed E-state index contributed by atoms with van der Waals surface area (Å²) in [6.07, 6.45) is 11.0. The van der Waals surface area contributed by atoms with Gasteiger partial charge >= 0.3 is 0 Å². The molecule has 0 bridgehead atoms. The Bertz CT molecular complexity index is 512. The largest absolute Gasteiger partial charge is 0.0958 e. The monoisotopic (exact) mass is 298 g/mol. The second kappa shape index (κ2) is 4.99. The minimum absolute atomic E-state index is 0.633. The van der Waals surface area contributed by atoms with Crippen molar-refractivity contribution in [1.82, 2.24) is 0 Å². The van der Waals surface area contributed by atoms with Gasteiger partial charge in [0.25, 0.3) is 0 Å². The molecule has 4 aliphatic carbocycles. The van der Waals surface area contributed by atoms with E-state index in [0.717, 1.165) is 41.4 Å². The number of hydrogen-bond acceptors (Lipinski definition) is 0. The van der Waals surface area contributed by atoms with E-state index in [4.69, 9.17) is 0 Å². The van der Waals surface area contributed by atoms with Crippen LogP contribution in [0, 0.1) is 46.8 Å². The van der Waals surface area contributed by atoms with Crippen LogP contribution in [0.1, 0.15) is 66.2 Å². The fraction of sp³-hybridized carbons (Fsp3) is 0.818. The zero-order chi connectivity index (χ0) is 15.6. The third kappa shape index (κ3) is 1.95. The predicted molar refractivity (Wildman–Crippen MR) is 94.5 cm³/mol. The van der Waals surface area contributed by atoms with Crippen molar-refractivity contribution in [2.45, 2.75) is 66.2 Å². The second-order valence-corrected chi connectivity index (χ2v) is 9.63. The predicted octanol–water partition coefficient (Wildman–Crippen LogP) is 6.24. The standard InChI is InChI=1S/C22H34/c1-13-6-8-18-17(10-13)11-14(2)21-19-9-7-16(4)22(19,5)12-15(3)20(18)21/h10,14-16,18-21H,1,6-9,11-12H2,2-5H3/t14?,15?,16-,18?,19?,20?,21?,22?/m0/s1. The average Bonchev–Trinajstić information content (AvgIpc) is 2.74. The Labute approximate surface area is 137 Å². The smallest absolute Gasteiger partial charge is 0.0163 e. The molecule has 0 N–H and O–H groups in total. The molecule has 0 aromatic rings. The lowest BCUT2D eigenvalue weighted by atomic mass is 9.46. The molecule has 0 heteroatoms. The third-order valence-electron chi connectivity index (χ3n) is 8.53. The molecular formula is C22H34. The summed E-state index contributed by atoms with van der Waals surface area (Å²) in [4.78, 5) is 0. The van der Waals surface area contributed by atoms with Crippen LogP contribution in [0.15, 0.2) is 23.8 Å². The minimum atomic E-state index is 0.633. The second-order valence-electron chi connectivity index (χ2n) is 9.63. The first-order chi connectivity index (χ1) is 10.4. The van der Waals surface area contributed by atoms with E-state index >= 15 is 0 Å². The fourth-order valence-electron chi connectivity index (χ4n) is 7.48. The van der Waals surface area contributed by atoms with Gasteiger partial charge in [-0.3, -0.25) is 0 Å². The molecule has 0 aliphatic heterocycles. The summed E-state index contributed by atoms with van der Waals surface area (Å²) in [5.41, 5.74) is 3.79. The van der Waals surface area contributed by atoms with Crippen LogP contribution in [0.25, 0.3) is 0 Å². The molecule has 3 saturated carbocycles. The lowest BCUT2D eigenvalue weighted by Crippen LogP contribution is -2.52. The third-order valence-corrected chi connectivity index (χ3v) is 8.53. The summed E-state index contributed by atoms with van der Waals surface area (Å²) < 4.78 is 0. The van der Waals surface area contributed by atoms with Crippen LogP contribution in [0.5, 0.6) is 0 Å². The van der Waals surface area contributed by atoms with E-state index in [9.17, 15) is 0 Å². The van der Waals surface area contributed by atoms with Crippen molar-refractivity contribution in [2.24, 2.45) is 46.8 Å². The van der Waals surface area contributed by atoms with E-state index in [2.05, 4.69) is 40.3 Å². The van der Waals surface area contributed by atoms with Gasteiger partial charge in [0.2, 0.25) is 0 Å². The highest BCUT2D eigenvalue weighted by molar-refractivity contribution is 5.30. The molecule has 7 unspecified atom stereocenters. The molecule has 0 heterocycles. The van der Waals surface area contributed by atoms with Gasteiger partial charge < -0.3 is 0 Å². The van der Waals surface area contributed by atoms with Gasteiger partial charge in [0.05, 0.1) is 0 Å². The maximum atomic E-state index is 4.25. The first-order valence-electron chi connectivity index (χ1n) is 9.80. The normalized spacial score (nSPS) is 54.3. The molecule has 0 nitrogen and oxygen atoms in total. The Balaban J connectivity index is 1.73. The molecule has 0 aromatic heterocycles. The first kappa shape index (κ1) is 15.0. The highest BCUT2D eigenvalue weighted by Crippen LogP contribution is 2.66. The molecule has 22 heavy (non-hydrogen) atoms. The molecule has 122 valence electrons. The minimum Gasteiger partial charge on any atom is -0.0958 e. The van der Waals surface area contributed by atoms with Crippen molar-refractivity contribution in [3.05, 3.63) is 23.8 Å². The topological polar surface area (TPSA) is 0 Å². The molecule has 3 fully saturated rings. The molecular weight excluding hydrogens is 264 g/mol. The lowest BCUT2D eigenvalue weighted by molar-refractivity contribution is -0.0752. The number of allylic oxidation sites excluding steroid dienone is 3. The van der Waals surface area contributed by atoms with Gasteiger partial charge in [0.1, 0.15) is 0 Å². The van der Waals surface area contributed by atoms with Crippen LogP contribution in [0.2, 0.25) is 0 Å². The zero-order valence-electron chi connectivity index (χ0n) is 15.1. The van der Waals surface area contributed by atoms with E-state index in [0.29, 0.717) is 5.41 Å². The van der Waals surface area contributed by atoms with Gasteiger partial charge in [-0.05, 0) is 85.4 Å². The van der Waals surface area contributed by atoms with Crippen LogP contribution in [-0.2, 0) is 0 Å². The Morgan fingerprint density at radius 1 is 1.05 bits per heavy atom. The summed E-state index contributed by atoms with van der Waals surface area (Å²) in [7, 11) is 0. The van der Waals surface area contributed by atoms with Gasteiger partial charge in [-0.2, -0.15) is 0 Å². The van der Waals surface area contributed by atoms with E-state index in [1.165, 1.54) is 44.1 Å². The Kier molecular flexibility index (Phi) is 3.41. The van der Waals surface area contributed by atoms with Crippen LogP contribution < -0.4 is 0 Å². The molecule has 0 radical (unpaired) electrons. The Morgan fingerprint density at radius 2 is 1.82 bits per heavy atom. The van der Waals surface area contributed by atoms with Gasteiger partial charge in [0.15, 0.2) is 0 Å². The molecule has 8 atom stereocenters. The maximum absolute atomic E-state index is 4.25. The SMILES string of the molecule is C=C1C=C2CC(C)C3C(C(C)CC4(C)C3CC[C@@H]4C)C2CC1. The fourth-order valence-corrected chi connectivity index (χ4v) is 7.48. The lowest BCUT2D eigenvalue weighted by Gasteiger charge is -2.58. The van der Waals surface area contributed by atoms with Crippen molar-refractivity contribution >= 4 is 0 Å². The zero-order valence-corrected chi connectivity index (χ0v) is 15.1. The Hall–Kier alpha value is -0.520. The van der Waals surface area contributed by atoms with Gasteiger partial charge in [-0.1, -0.05) is 51.5 Å². The van der Waals surface area contributed by atoms with Gasteiger partial charge in [-0.25, -0.2) is 0 Å². The van der Waals surface area contributed by atoms with Crippen LogP contribution in [0.4, 0.5) is 0 Å². The van der Waals surface area contributed by atoms with E-state index in [-0.39, 0.29) is 0 Å². The molecule has 0 spiro atoms. The number of rotatable bonds is 0. The van der Waals surface area contributed by atoms with Crippen LogP contribution in [-0.4, -0.2) is 0 Å². The number of fused-ring (bicyclic) bond motifs is 5. The number of hydrogen-bond donors (Lipinski definition) is 0. The van der Waals surface area contributed by atoms with Crippen molar-refractivity contribution in [3.63, 3.8) is 0 Å². The summed E-state index contributed by atoms with van der Waals surface area (Å²) in [6, 6.07) is 0. The van der Waals surface area contributed by atoms with Crippen molar-refractivity contribution in [1.29, 1.82) is 0 Å². The van der Waals surface area contributed by atoms with Crippen LogP contribution in [0.3, 0.4) is 0 Å². The molecule has 0 saturated heterocycles. The first-order valence-corrected chi connectivity index (χ1v) is 9.80. The van der Waals surface area contributed by atoms with E-state index in [1.807, 2.05) is 0 Å². The highest BCUT2D eigenvalue weighted by Gasteiger charge is 2.58. The molecule has 4 aliphatic rings. The van der Waals surface area contributed by atoms with Crippen molar-refractivity contribution in [3.8, 4) is 0 Å². The quantitative estimate of drug-likeness (QED) is 0.496. The van der Waals surface area contributed by atoms with Gasteiger partial charge in [-0.15, -0.1) is 0 Å². The summed E-state index contributed by atoms with van der Waals surface area (Å²) in [5.74, 6) is 6.59. The average molecular weight is 299 g/mol. The maximum Gasteiger partial charge on any atom is -0.0163 e. The van der Waals surface area contributed by atoms with E-state index in [1.54, 1.807) is 5.57 Å². The summed E-state index contributed by atoms with van der Waals surface area (Å²) in [6.45, 7) is 14.6. The van der Waals surface area contributed by atoms with Gasteiger partial charge in [0, 0.05) is 0 Å².